The van der Waals surface area contributed by atoms with Crippen LogP contribution in [0.5, 0.6) is 5.75 Å². The van der Waals surface area contributed by atoms with Gasteiger partial charge in [0.15, 0.2) is 5.82 Å². The number of rotatable bonds is 17. The van der Waals surface area contributed by atoms with Gasteiger partial charge in [-0.3, -0.25) is 0 Å². The first-order valence-corrected chi connectivity index (χ1v) is 13.9. The van der Waals surface area contributed by atoms with Gasteiger partial charge in [-0.15, -0.1) is 0 Å². The van der Waals surface area contributed by atoms with E-state index in [-0.39, 0.29) is 0 Å². The maximum Gasteiger partial charge on any atom is 0.159 e. The highest BCUT2D eigenvalue weighted by Crippen LogP contribution is 2.24. The molecule has 0 saturated carbocycles. The monoisotopic (exact) mass is 472 g/mol. The number of benzene rings is 2. The largest absolute Gasteiger partial charge is 0.494 e. The lowest BCUT2D eigenvalue weighted by atomic mass is 10.0. The molecule has 0 amide bonds. The SMILES string of the molecule is CCCCCCCCOc1ccc(-c2cnc(-c3ccc(CCCCCCCC)cc3)nc2)cc1. The lowest BCUT2D eigenvalue weighted by Gasteiger charge is -2.08. The van der Waals surface area contributed by atoms with Crippen molar-refractivity contribution in [2.24, 2.45) is 0 Å². The van der Waals surface area contributed by atoms with E-state index in [4.69, 9.17) is 4.74 Å². The number of hydrogen-bond donors (Lipinski definition) is 0. The van der Waals surface area contributed by atoms with Gasteiger partial charge in [-0.1, -0.05) is 114 Å². The van der Waals surface area contributed by atoms with Crippen LogP contribution >= 0.6 is 0 Å². The molecule has 3 heteroatoms. The van der Waals surface area contributed by atoms with Crippen molar-refractivity contribution in [3.8, 4) is 28.3 Å². The lowest BCUT2D eigenvalue weighted by Crippen LogP contribution is -1.97. The summed E-state index contributed by atoms with van der Waals surface area (Å²) in [5.74, 6) is 1.71. The first kappa shape index (κ1) is 26.9. The number of aromatic nitrogens is 2. The van der Waals surface area contributed by atoms with Gasteiger partial charge in [-0.2, -0.15) is 0 Å². The summed E-state index contributed by atoms with van der Waals surface area (Å²) >= 11 is 0. The van der Waals surface area contributed by atoms with Crippen molar-refractivity contribution < 1.29 is 4.74 Å². The average Bonchev–Trinajstić information content (AvgIpc) is 2.91. The van der Waals surface area contributed by atoms with Crippen LogP contribution in [0.25, 0.3) is 22.5 Å². The van der Waals surface area contributed by atoms with Crippen molar-refractivity contribution in [1.82, 2.24) is 9.97 Å². The second-order valence-corrected chi connectivity index (χ2v) is 9.65. The Morgan fingerprint density at radius 3 is 1.71 bits per heavy atom. The third-order valence-corrected chi connectivity index (χ3v) is 6.64. The minimum atomic E-state index is 0.777. The summed E-state index contributed by atoms with van der Waals surface area (Å²) in [4.78, 5) is 9.26. The van der Waals surface area contributed by atoms with Crippen LogP contribution in [0, 0.1) is 0 Å². The molecule has 1 aromatic heterocycles. The summed E-state index contributed by atoms with van der Waals surface area (Å²) in [7, 11) is 0. The average molecular weight is 473 g/mol. The van der Waals surface area contributed by atoms with Crippen LogP contribution in [-0.2, 0) is 6.42 Å². The maximum atomic E-state index is 5.91. The fraction of sp³-hybridized carbons (Fsp3) is 0.500. The van der Waals surface area contributed by atoms with Gasteiger partial charge in [0.2, 0.25) is 0 Å². The predicted molar refractivity (Wildman–Crippen MR) is 149 cm³/mol. The van der Waals surface area contributed by atoms with Gasteiger partial charge in [0.1, 0.15) is 5.75 Å². The Hall–Kier alpha value is -2.68. The zero-order chi connectivity index (χ0) is 24.6. The highest BCUT2D eigenvalue weighted by Gasteiger charge is 2.05. The maximum absolute atomic E-state index is 5.91. The Balaban J connectivity index is 1.43. The highest BCUT2D eigenvalue weighted by molar-refractivity contribution is 5.64. The molecule has 0 saturated heterocycles. The van der Waals surface area contributed by atoms with E-state index in [0.29, 0.717) is 0 Å². The van der Waals surface area contributed by atoms with E-state index < -0.39 is 0 Å². The highest BCUT2D eigenvalue weighted by atomic mass is 16.5. The molecule has 3 rings (SSSR count). The molecule has 2 aromatic carbocycles. The van der Waals surface area contributed by atoms with Crippen LogP contribution in [0.2, 0.25) is 0 Å². The van der Waals surface area contributed by atoms with Crippen molar-refractivity contribution >= 4 is 0 Å². The molecule has 3 aromatic rings. The van der Waals surface area contributed by atoms with Crippen molar-refractivity contribution in [3.05, 3.63) is 66.5 Å². The summed E-state index contributed by atoms with van der Waals surface area (Å²) < 4.78 is 5.91. The Morgan fingerprint density at radius 2 is 1.09 bits per heavy atom. The van der Waals surface area contributed by atoms with Gasteiger partial charge in [0, 0.05) is 23.5 Å². The standard InChI is InChI=1S/C32H44N2O/c1-3-5-7-9-11-13-15-27-16-18-29(19-17-27)32-33-25-30(26-34-32)28-20-22-31(23-21-28)35-24-14-12-10-8-6-4-2/h16-23,25-26H,3-15,24H2,1-2H3. The van der Waals surface area contributed by atoms with Crippen LogP contribution in [0.3, 0.4) is 0 Å². The summed E-state index contributed by atoms with van der Waals surface area (Å²) in [6.45, 7) is 5.31. The summed E-state index contributed by atoms with van der Waals surface area (Å²) in [5.41, 5.74) is 4.61. The number of unbranched alkanes of at least 4 members (excludes halogenated alkanes) is 10. The molecule has 0 fully saturated rings. The van der Waals surface area contributed by atoms with Gasteiger partial charge in [-0.05, 0) is 42.5 Å². The Kier molecular flexibility index (Phi) is 12.4. The molecule has 0 spiro atoms. The zero-order valence-electron chi connectivity index (χ0n) is 22.0. The number of hydrogen-bond acceptors (Lipinski definition) is 3. The molecule has 0 aliphatic rings. The van der Waals surface area contributed by atoms with Crippen LogP contribution in [0.4, 0.5) is 0 Å². The fourth-order valence-corrected chi connectivity index (χ4v) is 4.37. The molecule has 0 bridgehead atoms. The summed E-state index contributed by atoms with van der Waals surface area (Å²) in [5, 5.41) is 0. The second kappa shape index (κ2) is 16.1. The Labute approximate surface area is 213 Å². The van der Waals surface area contributed by atoms with E-state index >= 15 is 0 Å². The van der Waals surface area contributed by atoms with E-state index in [2.05, 4.69) is 60.2 Å². The summed E-state index contributed by atoms with van der Waals surface area (Å²) in [6, 6.07) is 17.0. The normalized spacial score (nSPS) is 11.0. The molecule has 0 unspecified atom stereocenters. The molecule has 0 radical (unpaired) electrons. The van der Waals surface area contributed by atoms with Crippen molar-refractivity contribution in [2.45, 2.75) is 97.3 Å². The molecule has 0 atom stereocenters. The molecule has 188 valence electrons. The fourth-order valence-electron chi connectivity index (χ4n) is 4.37. The van der Waals surface area contributed by atoms with Crippen LogP contribution in [0.15, 0.2) is 60.9 Å². The van der Waals surface area contributed by atoms with Crippen molar-refractivity contribution in [1.29, 1.82) is 0 Å². The van der Waals surface area contributed by atoms with E-state index in [9.17, 15) is 0 Å². The number of nitrogens with zero attached hydrogens (tertiary/aromatic N) is 2. The first-order chi connectivity index (χ1) is 17.3. The quantitative estimate of drug-likeness (QED) is 0.183. The molecule has 35 heavy (non-hydrogen) atoms. The van der Waals surface area contributed by atoms with Crippen LogP contribution in [-0.4, -0.2) is 16.6 Å². The van der Waals surface area contributed by atoms with Crippen molar-refractivity contribution in [3.63, 3.8) is 0 Å². The molecule has 0 N–H and O–H groups in total. The summed E-state index contributed by atoms with van der Waals surface area (Å²) in [6.07, 6.45) is 20.7. The molecular formula is C32H44N2O. The lowest BCUT2D eigenvalue weighted by molar-refractivity contribution is 0.304. The third-order valence-electron chi connectivity index (χ3n) is 6.64. The molecule has 0 aliphatic carbocycles. The predicted octanol–water partition coefficient (Wildman–Crippen LogP) is 9.45. The Morgan fingerprint density at radius 1 is 0.543 bits per heavy atom. The smallest absolute Gasteiger partial charge is 0.159 e. The van der Waals surface area contributed by atoms with E-state index in [1.54, 1.807) is 0 Å². The van der Waals surface area contributed by atoms with E-state index in [0.717, 1.165) is 47.7 Å². The van der Waals surface area contributed by atoms with E-state index in [1.165, 1.54) is 76.2 Å². The van der Waals surface area contributed by atoms with Crippen LogP contribution < -0.4 is 4.74 Å². The van der Waals surface area contributed by atoms with Gasteiger partial charge < -0.3 is 4.74 Å². The van der Waals surface area contributed by atoms with E-state index in [1.807, 2.05) is 24.5 Å². The zero-order valence-corrected chi connectivity index (χ0v) is 22.0. The minimum Gasteiger partial charge on any atom is -0.494 e. The van der Waals surface area contributed by atoms with Crippen molar-refractivity contribution in [2.75, 3.05) is 6.61 Å². The van der Waals surface area contributed by atoms with Gasteiger partial charge in [0.25, 0.3) is 0 Å². The topological polar surface area (TPSA) is 35.0 Å². The number of aryl methyl sites for hydroxylation is 1. The second-order valence-electron chi connectivity index (χ2n) is 9.65. The number of ether oxygens (including phenoxy) is 1. The molecular weight excluding hydrogens is 428 g/mol. The molecule has 0 aliphatic heterocycles. The first-order valence-electron chi connectivity index (χ1n) is 13.9. The Bertz CT molecular complexity index is 933. The van der Waals surface area contributed by atoms with Crippen LogP contribution in [0.1, 0.15) is 96.5 Å². The van der Waals surface area contributed by atoms with Gasteiger partial charge in [0.05, 0.1) is 6.61 Å². The van der Waals surface area contributed by atoms with Gasteiger partial charge >= 0.3 is 0 Å². The molecule has 3 nitrogen and oxygen atoms in total. The minimum absolute atomic E-state index is 0.777. The van der Waals surface area contributed by atoms with Gasteiger partial charge in [-0.25, -0.2) is 9.97 Å². The third kappa shape index (κ3) is 9.84. The molecule has 1 heterocycles.